The number of hydrogen-bond acceptors (Lipinski definition) is 7. The molecule has 0 amide bonds. The van der Waals surface area contributed by atoms with Crippen molar-refractivity contribution in [2.24, 2.45) is 0 Å². The Kier molecular flexibility index (Phi) is 2.74. The van der Waals surface area contributed by atoms with Gasteiger partial charge in [-0.25, -0.2) is 4.98 Å². The van der Waals surface area contributed by atoms with Gasteiger partial charge in [-0.1, -0.05) is 0 Å². The molecule has 0 aromatic carbocycles. The highest BCUT2D eigenvalue weighted by Crippen LogP contribution is 2.31. The molecule has 18 heavy (non-hydrogen) atoms. The first kappa shape index (κ1) is 11.2. The van der Waals surface area contributed by atoms with E-state index in [-0.39, 0.29) is 5.95 Å². The monoisotopic (exact) mass is 261 g/mol. The summed E-state index contributed by atoms with van der Waals surface area (Å²) in [6, 6.07) is 3.96. The molecular weight excluding hydrogens is 250 g/mol. The number of nitrogens with two attached hydrogens (primary N) is 1. The van der Waals surface area contributed by atoms with Crippen molar-refractivity contribution < 1.29 is 4.74 Å². The van der Waals surface area contributed by atoms with Gasteiger partial charge in [0.05, 0.1) is 18.6 Å². The highest BCUT2D eigenvalue weighted by atomic mass is 32.1. The van der Waals surface area contributed by atoms with Crippen LogP contribution in [0.5, 0.6) is 0 Å². The minimum absolute atomic E-state index is 0.246. The molecule has 1 fully saturated rings. The Morgan fingerprint density at radius 2 is 2.17 bits per heavy atom. The summed E-state index contributed by atoms with van der Waals surface area (Å²) in [5.74, 6) is 1.05. The van der Waals surface area contributed by atoms with E-state index in [4.69, 9.17) is 15.7 Å². The van der Waals surface area contributed by atoms with Gasteiger partial charge < -0.3 is 15.4 Å². The van der Waals surface area contributed by atoms with Crippen molar-refractivity contribution in [1.82, 2.24) is 9.97 Å². The highest BCUT2D eigenvalue weighted by molar-refractivity contribution is 7.19. The molecule has 3 rings (SSSR count). The molecule has 0 unspecified atom stereocenters. The van der Waals surface area contributed by atoms with Gasteiger partial charge in [-0.3, -0.25) is 0 Å². The molecule has 1 aliphatic heterocycles. The first-order valence-corrected chi connectivity index (χ1v) is 6.39. The Morgan fingerprint density at radius 1 is 1.39 bits per heavy atom. The first-order chi connectivity index (χ1) is 8.78. The number of fused-ring (bicyclic) bond motifs is 1. The van der Waals surface area contributed by atoms with Gasteiger partial charge in [-0.05, 0) is 6.07 Å². The van der Waals surface area contributed by atoms with Crippen LogP contribution in [0.15, 0.2) is 6.07 Å². The first-order valence-electron chi connectivity index (χ1n) is 5.58. The number of morpholine rings is 1. The molecule has 0 radical (unpaired) electrons. The van der Waals surface area contributed by atoms with Crippen molar-refractivity contribution in [1.29, 1.82) is 5.26 Å². The summed E-state index contributed by atoms with van der Waals surface area (Å²) in [4.78, 5) is 12.0. The van der Waals surface area contributed by atoms with Crippen LogP contribution in [0.1, 0.15) is 4.88 Å². The average molecular weight is 261 g/mol. The maximum absolute atomic E-state index is 8.96. The Morgan fingerprint density at radius 3 is 2.89 bits per heavy atom. The summed E-state index contributed by atoms with van der Waals surface area (Å²) in [5.41, 5.74) is 5.73. The van der Waals surface area contributed by atoms with Crippen molar-refractivity contribution in [2.75, 3.05) is 36.9 Å². The summed E-state index contributed by atoms with van der Waals surface area (Å²) in [5, 5.41) is 9.85. The third-order valence-corrected chi connectivity index (χ3v) is 3.74. The van der Waals surface area contributed by atoms with Gasteiger partial charge in [0.1, 0.15) is 21.6 Å². The number of rotatable bonds is 1. The average Bonchev–Trinajstić information content (AvgIpc) is 2.81. The summed E-state index contributed by atoms with van der Waals surface area (Å²) in [6.45, 7) is 2.92. The SMILES string of the molecule is N#Cc1cc2c(N3CCOCC3)nc(N)nc2s1. The fourth-order valence-electron chi connectivity index (χ4n) is 1.99. The number of aromatic nitrogens is 2. The van der Waals surface area contributed by atoms with E-state index < -0.39 is 0 Å². The molecule has 6 nitrogen and oxygen atoms in total. The molecule has 0 spiro atoms. The van der Waals surface area contributed by atoms with E-state index in [1.54, 1.807) is 0 Å². The maximum Gasteiger partial charge on any atom is 0.223 e. The van der Waals surface area contributed by atoms with E-state index >= 15 is 0 Å². The highest BCUT2D eigenvalue weighted by Gasteiger charge is 2.18. The number of nitriles is 1. The molecular formula is C11H11N5OS. The van der Waals surface area contributed by atoms with Crippen molar-refractivity contribution >= 4 is 33.3 Å². The molecule has 1 saturated heterocycles. The number of nitrogens with zero attached hydrogens (tertiary/aromatic N) is 4. The minimum atomic E-state index is 0.246. The van der Waals surface area contributed by atoms with Crippen LogP contribution in [0, 0.1) is 11.3 Å². The zero-order valence-corrected chi connectivity index (χ0v) is 10.4. The number of hydrogen-bond donors (Lipinski definition) is 1. The maximum atomic E-state index is 8.96. The van der Waals surface area contributed by atoms with Gasteiger partial charge in [-0.2, -0.15) is 10.2 Å². The molecule has 0 atom stereocenters. The van der Waals surface area contributed by atoms with E-state index in [1.807, 2.05) is 6.07 Å². The second-order valence-corrected chi connectivity index (χ2v) is 4.98. The number of anilines is 2. The van der Waals surface area contributed by atoms with Gasteiger partial charge >= 0.3 is 0 Å². The summed E-state index contributed by atoms with van der Waals surface area (Å²) in [6.07, 6.45) is 0. The van der Waals surface area contributed by atoms with Crippen LogP contribution in [-0.2, 0) is 4.74 Å². The molecule has 92 valence electrons. The van der Waals surface area contributed by atoms with E-state index in [0.29, 0.717) is 18.1 Å². The number of nitrogen functional groups attached to an aromatic ring is 1. The normalized spacial score (nSPS) is 15.8. The smallest absolute Gasteiger partial charge is 0.223 e. The fourth-order valence-corrected chi connectivity index (χ4v) is 2.82. The molecule has 3 heterocycles. The van der Waals surface area contributed by atoms with Gasteiger partial charge in [0.2, 0.25) is 5.95 Å². The minimum Gasteiger partial charge on any atom is -0.378 e. The van der Waals surface area contributed by atoms with Crippen LogP contribution < -0.4 is 10.6 Å². The Labute approximate surface area is 108 Å². The van der Waals surface area contributed by atoms with E-state index in [9.17, 15) is 0 Å². The quantitative estimate of drug-likeness (QED) is 0.823. The fraction of sp³-hybridized carbons (Fsp3) is 0.364. The van der Waals surface area contributed by atoms with Crippen LogP contribution in [0.3, 0.4) is 0 Å². The Bertz CT molecular complexity index is 626. The summed E-state index contributed by atoms with van der Waals surface area (Å²) < 4.78 is 5.32. The number of ether oxygens (including phenoxy) is 1. The van der Waals surface area contributed by atoms with Crippen LogP contribution in [0.25, 0.3) is 10.2 Å². The van der Waals surface area contributed by atoms with E-state index in [2.05, 4.69) is 20.9 Å². The lowest BCUT2D eigenvalue weighted by Gasteiger charge is -2.28. The van der Waals surface area contributed by atoms with Crippen LogP contribution >= 0.6 is 11.3 Å². The molecule has 2 aromatic rings. The molecule has 0 aliphatic carbocycles. The third kappa shape index (κ3) is 1.85. The Balaban J connectivity index is 2.14. The molecule has 1 aliphatic rings. The molecule has 0 bridgehead atoms. The second-order valence-electron chi connectivity index (χ2n) is 3.95. The Hall–Kier alpha value is -1.91. The van der Waals surface area contributed by atoms with E-state index in [1.165, 1.54) is 11.3 Å². The summed E-state index contributed by atoms with van der Waals surface area (Å²) in [7, 11) is 0. The van der Waals surface area contributed by atoms with Crippen molar-refractivity contribution in [3.8, 4) is 6.07 Å². The largest absolute Gasteiger partial charge is 0.378 e. The standard InChI is InChI=1S/C11H11N5OS/c12-6-7-5-8-9(16-1-3-17-4-2-16)14-11(13)15-10(8)18-7/h5H,1-4H2,(H2,13,14,15). The lowest BCUT2D eigenvalue weighted by Crippen LogP contribution is -2.37. The van der Waals surface area contributed by atoms with Crippen molar-refractivity contribution in [3.05, 3.63) is 10.9 Å². The molecule has 2 aromatic heterocycles. The van der Waals surface area contributed by atoms with Crippen molar-refractivity contribution in [2.45, 2.75) is 0 Å². The lowest BCUT2D eigenvalue weighted by atomic mass is 10.3. The zero-order valence-electron chi connectivity index (χ0n) is 9.59. The van der Waals surface area contributed by atoms with E-state index in [0.717, 1.165) is 29.1 Å². The van der Waals surface area contributed by atoms with Crippen LogP contribution in [0.4, 0.5) is 11.8 Å². The molecule has 2 N–H and O–H groups in total. The van der Waals surface area contributed by atoms with Crippen LogP contribution in [0.2, 0.25) is 0 Å². The van der Waals surface area contributed by atoms with Gasteiger partial charge in [-0.15, -0.1) is 11.3 Å². The predicted molar refractivity (Wildman–Crippen MR) is 69.6 cm³/mol. The van der Waals surface area contributed by atoms with Gasteiger partial charge in [0, 0.05) is 13.1 Å². The topological polar surface area (TPSA) is 88.1 Å². The number of thiophene rings is 1. The van der Waals surface area contributed by atoms with Crippen molar-refractivity contribution in [3.63, 3.8) is 0 Å². The van der Waals surface area contributed by atoms with Crippen LogP contribution in [-0.4, -0.2) is 36.3 Å². The third-order valence-electron chi connectivity index (χ3n) is 2.81. The summed E-state index contributed by atoms with van der Waals surface area (Å²) >= 11 is 1.34. The predicted octanol–water partition coefficient (Wildman–Crippen LogP) is 0.982. The molecule has 0 saturated carbocycles. The second kappa shape index (κ2) is 4.40. The van der Waals surface area contributed by atoms with Gasteiger partial charge in [0.25, 0.3) is 0 Å². The zero-order chi connectivity index (χ0) is 12.5. The van der Waals surface area contributed by atoms with Gasteiger partial charge in [0.15, 0.2) is 0 Å². The molecule has 7 heteroatoms. The lowest BCUT2D eigenvalue weighted by molar-refractivity contribution is 0.122.